The molecule has 0 aliphatic heterocycles. The van der Waals surface area contributed by atoms with Gasteiger partial charge < -0.3 is 14.6 Å². The number of aliphatic carboxylic acids is 1. The summed E-state index contributed by atoms with van der Waals surface area (Å²) >= 11 is 6.06. The number of hydrogen-bond donors (Lipinski definition) is 1. The second-order valence-corrected chi connectivity index (χ2v) is 7.79. The quantitative estimate of drug-likeness (QED) is 0.351. The SMILES string of the molecule is C/C=C\C=C/C(COc1ccc(/C=C/c2ccc3ccc(Cl)cc3n2)cc1)OC(C)C(=O)O. The van der Waals surface area contributed by atoms with Crippen molar-refractivity contribution in [3.8, 4) is 5.75 Å². The minimum Gasteiger partial charge on any atom is -0.491 e. The molecule has 0 amide bonds. The van der Waals surface area contributed by atoms with E-state index in [4.69, 9.17) is 26.2 Å². The van der Waals surface area contributed by atoms with Crippen LogP contribution < -0.4 is 4.74 Å². The van der Waals surface area contributed by atoms with Crippen LogP contribution in [0.3, 0.4) is 0 Å². The third kappa shape index (κ3) is 7.59. The Balaban J connectivity index is 1.62. The summed E-state index contributed by atoms with van der Waals surface area (Å²) in [5.41, 5.74) is 2.69. The lowest BCUT2D eigenvalue weighted by Gasteiger charge is -2.18. The van der Waals surface area contributed by atoms with E-state index in [1.165, 1.54) is 6.92 Å². The lowest BCUT2D eigenvalue weighted by Crippen LogP contribution is -2.29. The van der Waals surface area contributed by atoms with Crippen LogP contribution in [0, 0.1) is 0 Å². The number of fused-ring (bicyclic) bond motifs is 1. The van der Waals surface area contributed by atoms with Gasteiger partial charge in [0.05, 0.1) is 11.2 Å². The highest BCUT2D eigenvalue weighted by molar-refractivity contribution is 6.31. The number of pyridine rings is 1. The van der Waals surface area contributed by atoms with Crippen molar-refractivity contribution in [1.82, 2.24) is 4.98 Å². The fourth-order valence-electron chi connectivity index (χ4n) is 2.99. The van der Waals surface area contributed by atoms with Crippen LogP contribution in [0.2, 0.25) is 5.02 Å². The fraction of sp³-hybridized carbons (Fsp3) is 0.185. The van der Waals surface area contributed by atoms with Crippen LogP contribution in [0.4, 0.5) is 0 Å². The molecule has 0 saturated heterocycles. The lowest BCUT2D eigenvalue weighted by molar-refractivity contribution is -0.152. The summed E-state index contributed by atoms with van der Waals surface area (Å²) in [5, 5.41) is 10.8. The summed E-state index contributed by atoms with van der Waals surface area (Å²) in [6, 6.07) is 17.2. The average Bonchev–Trinajstić information content (AvgIpc) is 2.81. The molecule has 0 fully saturated rings. The summed E-state index contributed by atoms with van der Waals surface area (Å²) in [5.74, 6) is -0.346. The number of benzene rings is 2. The van der Waals surface area contributed by atoms with Crippen molar-refractivity contribution in [2.45, 2.75) is 26.1 Å². The van der Waals surface area contributed by atoms with Crippen LogP contribution in [-0.4, -0.2) is 34.9 Å². The first-order chi connectivity index (χ1) is 15.9. The zero-order chi connectivity index (χ0) is 23.6. The fourth-order valence-corrected chi connectivity index (χ4v) is 3.16. The lowest BCUT2D eigenvalue weighted by atomic mass is 10.1. The minimum absolute atomic E-state index is 0.199. The molecular formula is C27H26ClNO4. The second kappa shape index (κ2) is 12.0. The Bertz CT molecular complexity index is 1170. The largest absolute Gasteiger partial charge is 0.491 e. The number of carboxylic acids is 1. The molecule has 1 heterocycles. The molecule has 0 spiro atoms. The van der Waals surface area contributed by atoms with E-state index in [9.17, 15) is 4.79 Å². The Morgan fingerprint density at radius 1 is 1.09 bits per heavy atom. The summed E-state index contributed by atoms with van der Waals surface area (Å²) in [6.45, 7) is 3.60. The molecule has 0 saturated carbocycles. The van der Waals surface area contributed by atoms with Gasteiger partial charge in [0.2, 0.25) is 0 Å². The summed E-state index contributed by atoms with van der Waals surface area (Å²) in [6.07, 6.45) is 9.82. The van der Waals surface area contributed by atoms with Gasteiger partial charge in [0.25, 0.3) is 0 Å². The van der Waals surface area contributed by atoms with E-state index in [0.717, 1.165) is 22.2 Å². The minimum atomic E-state index is -1.01. The highest BCUT2D eigenvalue weighted by atomic mass is 35.5. The zero-order valence-electron chi connectivity index (χ0n) is 18.5. The molecule has 3 aromatic rings. The first kappa shape index (κ1) is 24.2. The van der Waals surface area contributed by atoms with Crippen molar-refractivity contribution < 1.29 is 19.4 Å². The van der Waals surface area contributed by atoms with Gasteiger partial charge in [0.15, 0.2) is 6.10 Å². The van der Waals surface area contributed by atoms with E-state index in [2.05, 4.69) is 4.98 Å². The van der Waals surface area contributed by atoms with Crippen molar-refractivity contribution >= 4 is 40.6 Å². The van der Waals surface area contributed by atoms with Crippen molar-refractivity contribution in [1.29, 1.82) is 0 Å². The maximum atomic E-state index is 11.1. The molecule has 33 heavy (non-hydrogen) atoms. The predicted molar refractivity (Wildman–Crippen MR) is 134 cm³/mol. The molecule has 2 aromatic carbocycles. The van der Waals surface area contributed by atoms with E-state index in [1.54, 1.807) is 6.08 Å². The van der Waals surface area contributed by atoms with Crippen molar-refractivity contribution in [3.63, 3.8) is 0 Å². The number of carbonyl (C=O) groups is 1. The average molecular weight is 464 g/mol. The Labute approximate surface area is 198 Å². The molecule has 6 heteroatoms. The number of rotatable bonds is 10. The number of nitrogens with zero attached hydrogens (tertiary/aromatic N) is 1. The van der Waals surface area contributed by atoms with E-state index < -0.39 is 18.2 Å². The Hall–Kier alpha value is -3.41. The molecule has 0 aliphatic carbocycles. The molecule has 170 valence electrons. The Morgan fingerprint density at radius 2 is 1.85 bits per heavy atom. The normalized spacial score (nSPS) is 13.8. The summed E-state index contributed by atoms with van der Waals surface area (Å²) in [7, 11) is 0. The van der Waals surface area contributed by atoms with Gasteiger partial charge in [-0.3, -0.25) is 0 Å². The van der Waals surface area contributed by atoms with Crippen LogP contribution in [0.5, 0.6) is 5.75 Å². The highest BCUT2D eigenvalue weighted by Crippen LogP contribution is 2.19. The van der Waals surface area contributed by atoms with Crippen LogP contribution >= 0.6 is 11.6 Å². The van der Waals surface area contributed by atoms with Crippen LogP contribution in [0.15, 0.2) is 78.9 Å². The van der Waals surface area contributed by atoms with Gasteiger partial charge in [-0.05, 0) is 55.8 Å². The molecule has 1 aromatic heterocycles. The first-order valence-corrected chi connectivity index (χ1v) is 11.0. The van der Waals surface area contributed by atoms with Gasteiger partial charge in [0, 0.05) is 10.4 Å². The second-order valence-electron chi connectivity index (χ2n) is 7.35. The van der Waals surface area contributed by atoms with Crippen molar-refractivity contribution in [2.24, 2.45) is 0 Å². The van der Waals surface area contributed by atoms with Gasteiger partial charge in [-0.25, -0.2) is 9.78 Å². The van der Waals surface area contributed by atoms with Gasteiger partial charge in [-0.15, -0.1) is 0 Å². The molecule has 2 unspecified atom stereocenters. The van der Waals surface area contributed by atoms with Gasteiger partial charge in [-0.2, -0.15) is 0 Å². The Kier molecular flexibility index (Phi) is 8.81. The predicted octanol–water partition coefficient (Wildman–Crippen LogP) is 6.43. The number of hydrogen-bond acceptors (Lipinski definition) is 4. The van der Waals surface area contributed by atoms with E-state index in [-0.39, 0.29) is 6.61 Å². The van der Waals surface area contributed by atoms with Gasteiger partial charge in [0.1, 0.15) is 18.5 Å². The third-order valence-corrected chi connectivity index (χ3v) is 5.01. The monoisotopic (exact) mass is 463 g/mol. The maximum absolute atomic E-state index is 11.1. The van der Waals surface area contributed by atoms with E-state index >= 15 is 0 Å². The van der Waals surface area contributed by atoms with Crippen molar-refractivity contribution in [2.75, 3.05) is 6.61 Å². The zero-order valence-corrected chi connectivity index (χ0v) is 19.3. The van der Waals surface area contributed by atoms with Gasteiger partial charge >= 0.3 is 5.97 Å². The standard InChI is InChI=1S/C27H26ClNO4/c1-3-4-5-6-25(33-19(2)27(30)31)18-32-24-15-8-20(9-16-24)7-13-23-14-11-21-10-12-22(28)17-26(21)29-23/h3-17,19,25H,18H2,1-2H3,(H,30,31)/b4-3-,6-5-,13-7+. The highest BCUT2D eigenvalue weighted by Gasteiger charge is 2.17. The molecule has 0 radical (unpaired) electrons. The molecule has 0 bridgehead atoms. The van der Waals surface area contributed by atoms with Crippen LogP contribution in [0.1, 0.15) is 25.1 Å². The number of halogens is 1. The number of carboxylic acid groups (broad SMARTS) is 1. The molecule has 0 aliphatic rings. The third-order valence-electron chi connectivity index (χ3n) is 4.77. The van der Waals surface area contributed by atoms with E-state index in [0.29, 0.717) is 10.8 Å². The molecule has 1 N–H and O–H groups in total. The van der Waals surface area contributed by atoms with E-state index in [1.807, 2.05) is 91.9 Å². The molecular weight excluding hydrogens is 438 g/mol. The molecule has 5 nitrogen and oxygen atoms in total. The number of ether oxygens (including phenoxy) is 2. The first-order valence-electron chi connectivity index (χ1n) is 10.6. The maximum Gasteiger partial charge on any atom is 0.332 e. The smallest absolute Gasteiger partial charge is 0.332 e. The van der Waals surface area contributed by atoms with Crippen LogP contribution in [0.25, 0.3) is 23.1 Å². The number of aromatic nitrogens is 1. The Morgan fingerprint density at radius 3 is 2.58 bits per heavy atom. The van der Waals surface area contributed by atoms with Gasteiger partial charge in [-0.1, -0.05) is 66.2 Å². The number of allylic oxidation sites excluding steroid dienone is 3. The van der Waals surface area contributed by atoms with Crippen molar-refractivity contribution in [3.05, 3.63) is 95.2 Å². The molecule has 2 atom stereocenters. The summed E-state index contributed by atoms with van der Waals surface area (Å²) in [4.78, 5) is 15.7. The van der Waals surface area contributed by atoms with Crippen LogP contribution in [-0.2, 0) is 9.53 Å². The topological polar surface area (TPSA) is 68.7 Å². The molecule has 3 rings (SSSR count). The summed E-state index contributed by atoms with van der Waals surface area (Å²) < 4.78 is 11.4.